The van der Waals surface area contributed by atoms with Crippen molar-refractivity contribution in [3.8, 4) is 0 Å². The van der Waals surface area contributed by atoms with Crippen LogP contribution in [-0.2, 0) is 0 Å². The fourth-order valence-corrected chi connectivity index (χ4v) is 1.90. The Kier molecular flexibility index (Phi) is 3.29. The number of hydrogen-bond acceptors (Lipinski definition) is 2. The van der Waals surface area contributed by atoms with E-state index in [4.69, 9.17) is 5.73 Å². The summed E-state index contributed by atoms with van der Waals surface area (Å²) in [4.78, 5) is 12.2. The summed E-state index contributed by atoms with van der Waals surface area (Å²) in [6, 6.07) is 12.8. The van der Waals surface area contributed by atoms with Crippen LogP contribution < -0.4 is 5.73 Å². The normalized spacial score (nSPS) is 10.2. The van der Waals surface area contributed by atoms with Crippen LogP contribution in [0.2, 0.25) is 0 Å². The Bertz CT molecular complexity index is 561. The van der Waals surface area contributed by atoms with Gasteiger partial charge in [0.25, 0.3) is 0 Å². The summed E-state index contributed by atoms with van der Waals surface area (Å²) in [6.07, 6.45) is 0. The number of nitrogens with two attached hydrogens (primary N) is 1. The zero-order chi connectivity index (χ0) is 12.4. The van der Waals surface area contributed by atoms with Gasteiger partial charge in [-0.1, -0.05) is 28.1 Å². The van der Waals surface area contributed by atoms with Crippen LogP contribution in [0.15, 0.2) is 46.9 Å². The van der Waals surface area contributed by atoms with E-state index in [1.54, 1.807) is 18.2 Å². The molecule has 0 saturated heterocycles. The first-order valence-corrected chi connectivity index (χ1v) is 6.04. The fourth-order valence-electron chi connectivity index (χ4n) is 1.64. The van der Waals surface area contributed by atoms with Crippen LogP contribution in [0.4, 0.5) is 5.69 Å². The molecule has 0 aliphatic carbocycles. The molecule has 2 rings (SSSR count). The summed E-state index contributed by atoms with van der Waals surface area (Å²) >= 11 is 3.34. The molecular formula is C14H12BrNO. The van der Waals surface area contributed by atoms with Crippen LogP contribution in [0.5, 0.6) is 0 Å². The van der Waals surface area contributed by atoms with Crippen LogP contribution in [-0.4, -0.2) is 5.78 Å². The van der Waals surface area contributed by atoms with Gasteiger partial charge in [0.2, 0.25) is 0 Å². The van der Waals surface area contributed by atoms with Crippen molar-refractivity contribution >= 4 is 27.4 Å². The second-order valence-corrected chi connectivity index (χ2v) is 4.79. The third-order valence-electron chi connectivity index (χ3n) is 2.68. The van der Waals surface area contributed by atoms with Crippen LogP contribution >= 0.6 is 15.9 Å². The molecule has 0 radical (unpaired) electrons. The SMILES string of the molecule is Cc1cccc(C(=O)c2ccc(Br)cc2)c1N. The lowest BCUT2D eigenvalue weighted by atomic mass is 9.99. The van der Waals surface area contributed by atoms with Gasteiger partial charge < -0.3 is 5.73 Å². The van der Waals surface area contributed by atoms with E-state index in [1.165, 1.54) is 0 Å². The van der Waals surface area contributed by atoms with E-state index < -0.39 is 0 Å². The summed E-state index contributed by atoms with van der Waals surface area (Å²) in [5, 5.41) is 0. The number of para-hydroxylation sites is 1. The first-order chi connectivity index (χ1) is 8.09. The van der Waals surface area contributed by atoms with Crippen molar-refractivity contribution in [1.29, 1.82) is 0 Å². The molecule has 86 valence electrons. The minimum atomic E-state index is -0.0429. The number of carbonyl (C=O) groups excluding carboxylic acids is 1. The highest BCUT2D eigenvalue weighted by atomic mass is 79.9. The molecule has 2 aromatic carbocycles. The topological polar surface area (TPSA) is 43.1 Å². The van der Waals surface area contributed by atoms with Gasteiger partial charge in [0, 0.05) is 21.3 Å². The van der Waals surface area contributed by atoms with Crippen molar-refractivity contribution in [3.63, 3.8) is 0 Å². The van der Waals surface area contributed by atoms with Gasteiger partial charge in [0.15, 0.2) is 5.78 Å². The predicted octanol–water partition coefficient (Wildman–Crippen LogP) is 3.57. The van der Waals surface area contributed by atoms with E-state index in [9.17, 15) is 4.79 Å². The van der Waals surface area contributed by atoms with E-state index in [0.29, 0.717) is 16.8 Å². The number of rotatable bonds is 2. The van der Waals surface area contributed by atoms with Crippen LogP contribution in [0, 0.1) is 6.92 Å². The van der Waals surface area contributed by atoms with E-state index in [1.807, 2.05) is 31.2 Å². The molecule has 0 heterocycles. The Hall–Kier alpha value is -1.61. The second-order valence-electron chi connectivity index (χ2n) is 3.87. The highest BCUT2D eigenvalue weighted by Gasteiger charge is 2.12. The Morgan fingerprint density at radius 1 is 1.12 bits per heavy atom. The Morgan fingerprint density at radius 3 is 2.41 bits per heavy atom. The number of halogens is 1. The van der Waals surface area contributed by atoms with Gasteiger partial charge in [0.1, 0.15) is 0 Å². The van der Waals surface area contributed by atoms with Crippen LogP contribution in [0.3, 0.4) is 0 Å². The maximum absolute atomic E-state index is 12.2. The lowest BCUT2D eigenvalue weighted by Gasteiger charge is -2.07. The smallest absolute Gasteiger partial charge is 0.195 e. The minimum absolute atomic E-state index is 0.0429. The first-order valence-electron chi connectivity index (χ1n) is 5.25. The van der Waals surface area contributed by atoms with Gasteiger partial charge in [-0.15, -0.1) is 0 Å². The molecule has 17 heavy (non-hydrogen) atoms. The third-order valence-corrected chi connectivity index (χ3v) is 3.20. The number of benzene rings is 2. The van der Waals surface area contributed by atoms with Crippen molar-refractivity contribution in [2.45, 2.75) is 6.92 Å². The molecule has 0 aromatic heterocycles. The van der Waals surface area contributed by atoms with E-state index in [0.717, 1.165) is 10.0 Å². The molecule has 0 saturated carbocycles. The van der Waals surface area contributed by atoms with Crippen molar-refractivity contribution in [2.24, 2.45) is 0 Å². The van der Waals surface area contributed by atoms with E-state index in [2.05, 4.69) is 15.9 Å². The fraction of sp³-hybridized carbons (Fsp3) is 0.0714. The molecule has 0 atom stereocenters. The van der Waals surface area contributed by atoms with Gasteiger partial charge in [-0.3, -0.25) is 4.79 Å². The average Bonchev–Trinajstić information content (AvgIpc) is 2.33. The molecule has 0 amide bonds. The Balaban J connectivity index is 2.44. The molecule has 2 nitrogen and oxygen atoms in total. The lowest BCUT2D eigenvalue weighted by molar-refractivity contribution is 0.103. The van der Waals surface area contributed by atoms with Crippen molar-refractivity contribution in [3.05, 3.63) is 63.6 Å². The lowest BCUT2D eigenvalue weighted by Crippen LogP contribution is -2.06. The summed E-state index contributed by atoms with van der Waals surface area (Å²) < 4.78 is 0.950. The molecule has 0 aliphatic rings. The van der Waals surface area contributed by atoms with Gasteiger partial charge in [-0.05, 0) is 42.8 Å². The number of aryl methyl sites for hydroxylation is 1. The van der Waals surface area contributed by atoms with Crippen molar-refractivity contribution in [2.75, 3.05) is 5.73 Å². The first kappa shape index (κ1) is 11.9. The molecular weight excluding hydrogens is 278 g/mol. The Morgan fingerprint density at radius 2 is 1.76 bits per heavy atom. The largest absolute Gasteiger partial charge is 0.398 e. The summed E-state index contributed by atoms with van der Waals surface area (Å²) in [6.45, 7) is 1.90. The monoisotopic (exact) mass is 289 g/mol. The highest BCUT2D eigenvalue weighted by Crippen LogP contribution is 2.21. The zero-order valence-corrected chi connectivity index (χ0v) is 11.0. The van der Waals surface area contributed by atoms with Gasteiger partial charge in [0.05, 0.1) is 0 Å². The molecule has 0 spiro atoms. The van der Waals surface area contributed by atoms with E-state index >= 15 is 0 Å². The zero-order valence-electron chi connectivity index (χ0n) is 9.41. The number of carbonyl (C=O) groups is 1. The number of hydrogen-bond donors (Lipinski definition) is 1. The highest BCUT2D eigenvalue weighted by molar-refractivity contribution is 9.10. The predicted molar refractivity (Wildman–Crippen MR) is 73.2 cm³/mol. The minimum Gasteiger partial charge on any atom is -0.398 e. The van der Waals surface area contributed by atoms with Crippen LogP contribution in [0.25, 0.3) is 0 Å². The molecule has 3 heteroatoms. The summed E-state index contributed by atoms with van der Waals surface area (Å²) in [5.74, 6) is -0.0429. The number of ketones is 1. The molecule has 2 aromatic rings. The van der Waals surface area contributed by atoms with Crippen molar-refractivity contribution in [1.82, 2.24) is 0 Å². The molecule has 0 bridgehead atoms. The van der Waals surface area contributed by atoms with Crippen molar-refractivity contribution < 1.29 is 4.79 Å². The van der Waals surface area contributed by atoms with Gasteiger partial charge in [-0.2, -0.15) is 0 Å². The summed E-state index contributed by atoms with van der Waals surface area (Å²) in [5.41, 5.74) is 8.61. The standard InChI is InChI=1S/C14H12BrNO/c1-9-3-2-4-12(13(9)16)14(17)10-5-7-11(15)8-6-10/h2-8H,16H2,1H3. The molecule has 0 fully saturated rings. The maximum atomic E-state index is 12.2. The molecule has 0 aliphatic heterocycles. The maximum Gasteiger partial charge on any atom is 0.195 e. The average molecular weight is 290 g/mol. The number of nitrogen functional groups attached to an aromatic ring is 1. The van der Waals surface area contributed by atoms with E-state index in [-0.39, 0.29) is 5.78 Å². The van der Waals surface area contributed by atoms with Gasteiger partial charge >= 0.3 is 0 Å². The Labute approximate surface area is 109 Å². The molecule has 2 N–H and O–H groups in total. The summed E-state index contributed by atoms with van der Waals surface area (Å²) in [7, 11) is 0. The third kappa shape index (κ3) is 2.39. The van der Waals surface area contributed by atoms with Crippen LogP contribution in [0.1, 0.15) is 21.5 Å². The molecule has 0 unspecified atom stereocenters. The quantitative estimate of drug-likeness (QED) is 0.678. The second kappa shape index (κ2) is 4.72. The van der Waals surface area contributed by atoms with Gasteiger partial charge in [-0.25, -0.2) is 0 Å². The number of anilines is 1.